The van der Waals surface area contributed by atoms with Crippen molar-refractivity contribution < 1.29 is 18.4 Å². The Bertz CT molecular complexity index is 667. The number of nitrogens with zero attached hydrogens (tertiary/aromatic N) is 1. The molecule has 0 aromatic carbocycles. The minimum atomic E-state index is -0.394. The number of hydrogen-bond acceptors (Lipinski definition) is 4. The summed E-state index contributed by atoms with van der Waals surface area (Å²) in [6.45, 7) is 0.923. The van der Waals surface area contributed by atoms with Crippen LogP contribution in [0.25, 0.3) is 0 Å². The summed E-state index contributed by atoms with van der Waals surface area (Å²) in [5.41, 5.74) is 0. The number of amides is 3. The lowest BCUT2D eigenvalue weighted by atomic mass is 10.1. The molecule has 134 valence electrons. The molecule has 0 bridgehead atoms. The van der Waals surface area contributed by atoms with Gasteiger partial charge in [0.05, 0.1) is 31.7 Å². The largest absolute Gasteiger partial charge is 0.467 e. The number of likely N-dealkylation sites (tertiary alicyclic amines) is 1. The molecule has 25 heavy (non-hydrogen) atoms. The van der Waals surface area contributed by atoms with Crippen LogP contribution in [0.15, 0.2) is 45.6 Å². The van der Waals surface area contributed by atoms with Gasteiger partial charge in [-0.1, -0.05) is 12.8 Å². The molecular formula is C18H23N3O4. The molecule has 3 heterocycles. The van der Waals surface area contributed by atoms with Crippen LogP contribution < -0.4 is 10.6 Å². The quantitative estimate of drug-likeness (QED) is 0.872. The number of carbonyl (C=O) groups is 2. The maximum atomic E-state index is 12.6. The SMILES string of the molecule is O=C(NCC(=O)N1CCCCC[C@@H]1c1ccco1)NCc1ccco1. The van der Waals surface area contributed by atoms with Crippen molar-refractivity contribution in [3.8, 4) is 0 Å². The van der Waals surface area contributed by atoms with E-state index < -0.39 is 6.03 Å². The summed E-state index contributed by atoms with van der Waals surface area (Å²) < 4.78 is 10.7. The third-order valence-corrected chi connectivity index (χ3v) is 4.35. The molecule has 2 N–H and O–H groups in total. The van der Waals surface area contributed by atoms with E-state index in [9.17, 15) is 9.59 Å². The van der Waals surface area contributed by atoms with E-state index in [0.717, 1.165) is 31.4 Å². The van der Waals surface area contributed by atoms with Gasteiger partial charge in [-0.15, -0.1) is 0 Å². The van der Waals surface area contributed by atoms with Gasteiger partial charge in [0.15, 0.2) is 0 Å². The van der Waals surface area contributed by atoms with Gasteiger partial charge in [-0.3, -0.25) is 4.79 Å². The van der Waals surface area contributed by atoms with E-state index in [4.69, 9.17) is 8.83 Å². The molecule has 3 rings (SSSR count). The van der Waals surface area contributed by atoms with Crippen molar-refractivity contribution in [1.82, 2.24) is 15.5 Å². The first-order valence-electron chi connectivity index (χ1n) is 8.61. The van der Waals surface area contributed by atoms with Gasteiger partial charge in [0.1, 0.15) is 11.5 Å². The first-order chi connectivity index (χ1) is 12.2. The molecule has 1 aliphatic rings. The van der Waals surface area contributed by atoms with Crippen LogP contribution in [0.1, 0.15) is 43.2 Å². The molecule has 1 atom stereocenters. The minimum Gasteiger partial charge on any atom is -0.467 e. The van der Waals surface area contributed by atoms with Crippen molar-refractivity contribution in [3.63, 3.8) is 0 Å². The normalized spacial score (nSPS) is 17.8. The van der Waals surface area contributed by atoms with Crippen LogP contribution in [0.5, 0.6) is 0 Å². The van der Waals surface area contributed by atoms with E-state index in [1.807, 2.05) is 17.0 Å². The van der Waals surface area contributed by atoms with Gasteiger partial charge in [0, 0.05) is 6.54 Å². The third kappa shape index (κ3) is 4.65. The zero-order chi connectivity index (χ0) is 17.5. The molecule has 0 spiro atoms. The molecule has 7 heteroatoms. The van der Waals surface area contributed by atoms with E-state index in [0.29, 0.717) is 12.3 Å². The van der Waals surface area contributed by atoms with Crippen LogP contribution in [0.2, 0.25) is 0 Å². The molecule has 1 fully saturated rings. The highest BCUT2D eigenvalue weighted by Crippen LogP contribution is 2.30. The number of urea groups is 1. The van der Waals surface area contributed by atoms with Gasteiger partial charge in [0.2, 0.25) is 5.91 Å². The summed E-state index contributed by atoms with van der Waals surface area (Å²) in [4.78, 5) is 26.3. The first-order valence-corrected chi connectivity index (χ1v) is 8.61. The lowest BCUT2D eigenvalue weighted by Crippen LogP contribution is -2.44. The standard InChI is InChI=1S/C18H23N3O4/c22-17(13-20-18(23)19-12-14-6-4-10-24-14)21-9-3-1-2-7-15(21)16-8-5-11-25-16/h4-6,8,10-11,15H,1-3,7,9,12-13H2,(H2,19,20,23)/t15-/m1/s1. The molecule has 1 aliphatic heterocycles. The summed E-state index contributed by atoms with van der Waals surface area (Å²) in [5, 5.41) is 5.28. The van der Waals surface area contributed by atoms with Crippen molar-refractivity contribution in [3.05, 3.63) is 48.3 Å². The molecule has 0 saturated carbocycles. The molecule has 3 amide bonds. The topological polar surface area (TPSA) is 87.7 Å². The predicted molar refractivity (Wildman–Crippen MR) is 90.6 cm³/mol. The molecule has 7 nitrogen and oxygen atoms in total. The lowest BCUT2D eigenvalue weighted by Gasteiger charge is -2.28. The fraction of sp³-hybridized carbons (Fsp3) is 0.444. The Kier molecular flexibility index (Phi) is 5.77. The molecule has 2 aromatic heterocycles. The van der Waals surface area contributed by atoms with Gasteiger partial charge < -0.3 is 24.4 Å². The van der Waals surface area contributed by atoms with E-state index >= 15 is 0 Å². The van der Waals surface area contributed by atoms with Crippen molar-refractivity contribution in [2.24, 2.45) is 0 Å². The highest BCUT2D eigenvalue weighted by Gasteiger charge is 2.28. The first kappa shape index (κ1) is 17.1. The Balaban J connectivity index is 1.52. The second-order valence-electron chi connectivity index (χ2n) is 6.08. The summed E-state index contributed by atoms with van der Waals surface area (Å²) in [7, 11) is 0. The van der Waals surface area contributed by atoms with Crippen molar-refractivity contribution in [1.29, 1.82) is 0 Å². The van der Waals surface area contributed by atoms with Crippen LogP contribution in [-0.4, -0.2) is 29.9 Å². The van der Waals surface area contributed by atoms with Gasteiger partial charge in [-0.2, -0.15) is 0 Å². The summed E-state index contributed by atoms with van der Waals surface area (Å²) in [6.07, 6.45) is 7.18. The summed E-state index contributed by atoms with van der Waals surface area (Å²) in [5.74, 6) is 1.36. The van der Waals surface area contributed by atoms with Crippen LogP contribution in [0, 0.1) is 0 Å². The summed E-state index contributed by atoms with van der Waals surface area (Å²) >= 11 is 0. The Morgan fingerprint density at radius 3 is 2.68 bits per heavy atom. The predicted octanol–water partition coefficient (Wildman–Crippen LogP) is 2.82. The second-order valence-corrected chi connectivity index (χ2v) is 6.08. The maximum Gasteiger partial charge on any atom is 0.315 e. The van der Waals surface area contributed by atoms with Crippen molar-refractivity contribution >= 4 is 11.9 Å². The fourth-order valence-electron chi connectivity index (χ4n) is 3.08. The van der Waals surface area contributed by atoms with Gasteiger partial charge in [-0.25, -0.2) is 4.79 Å². The Labute approximate surface area is 146 Å². The number of carbonyl (C=O) groups excluding carboxylic acids is 2. The number of furan rings is 2. The Hall–Kier alpha value is -2.70. The zero-order valence-electron chi connectivity index (χ0n) is 14.1. The van der Waals surface area contributed by atoms with Crippen LogP contribution in [0.3, 0.4) is 0 Å². The summed E-state index contributed by atoms with van der Waals surface area (Å²) in [6, 6.07) is 6.82. The van der Waals surface area contributed by atoms with Crippen LogP contribution in [-0.2, 0) is 11.3 Å². The van der Waals surface area contributed by atoms with Gasteiger partial charge in [0.25, 0.3) is 0 Å². The van der Waals surface area contributed by atoms with Crippen LogP contribution >= 0.6 is 0 Å². The second kappa shape index (κ2) is 8.41. The number of hydrogen-bond donors (Lipinski definition) is 2. The van der Waals surface area contributed by atoms with Gasteiger partial charge in [-0.05, 0) is 37.1 Å². The van der Waals surface area contributed by atoms with Crippen molar-refractivity contribution in [2.75, 3.05) is 13.1 Å². The van der Waals surface area contributed by atoms with E-state index in [-0.39, 0.29) is 25.0 Å². The molecule has 0 unspecified atom stereocenters. The average Bonchev–Trinajstić information content (AvgIpc) is 3.28. The molecule has 1 saturated heterocycles. The maximum absolute atomic E-state index is 12.6. The highest BCUT2D eigenvalue weighted by molar-refractivity contribution is 5.84. The van der Waals surface area contributed by atoms with Gasteiger partial charge >= 0.3 is 6.03 Å². The number of rotatable bonds is 5. The van der Waals surface area contributed by atoms with E-state index in [2.05, 4.69) is 10.6 Å². The minimum absolute atomic E-state index is 0.0405. The van der Waals surface area contributed by atoms with E-state index in [1.54, 1.807) is 24.7 Å². The van der Waals surface area contributed by atoms with Crippen molar-refractivity contribution in [2.45, 2.75) is 38.3 Å². The Morgan fingerprint density at radius 1 is 1.08 bits per heavy atom. The van der Waals surface area contributed by atoms with E-state index in [1.165, 1.54) is 0 Å². The molecule has 0 radical (unpaired) electrons. The molecule has 0 aliphatic carbocycles. The lowest BCUT2D eigenvalue weighted by molar-refractivity contribution is -0.132. The van der Waals surface area contributed by atoms with Crippen LogP contribution in [0.4, 0.5) is 4.79 Å². The number of nitrogens with one attached hydrogen (secondary N) is 2. The molecule has 2 aromatic rings. The smallest absolute Gasteiger partial charge is 0.315 e. The fourth-order valence-corrected chi connectivity index (χ4v) is 3.08. The zero-order valence-corrected chi connectivity index (χ0v) is 14.1. The third-order valence-electron chi connectivity index (χ3n) is 4.35. The average molecular weight is 345 g/mol. The monoisotopic (exact) mass is 345 g/mol. The molecular weight excluding hydrogens is 322 g/mol. The highest BCUT2D eigenvalue weighted by atomic mass is 16.3. The Morgan fingerprint density at radius 2 is 1.92 bits per heavy atom.